The minimum atomic E-state index is -0.381. The van der Waals surface area contributed by atoms with Crippen molar-refractivity contribution in [2.24, 2.45) is 5.92 Å². The molecule has 1 aliphatic rings. The highest BCUT2D eigenvalue weighted by Gasteiger charge is 2.26. The van der Waals surface area contributed by atoms with Gasteiger partial charge in [-0.3, -0.25) is 4.79 Å². The average Bonchev–Trinajstić information content (AvgIpc) is 2.46. The molecule has 2 rings (SSSR count). The van der Waals surface area contributed by atoms with Gasteiger partial charge in [0.05, 0.1) is 12.6 Å². The van der Waals surface area contributed by atoms with Crippen molar-refractivity contribution in [3.63, 3.8) is 0 Å². The summed E-state index contributed by atoms with van der Waals surface area (Å²) in [6.07, 6.45) is -0.381. The van der Waals surface area contributed by atoms with Crippen molar-refractivity contribution < 1.29 is 9.53 Å². The lowest BCUT2D eigenvalue weighted by Crippen LogP contribution is -2.49. The minimum Gasteiger partial charge on any atom is -0.366 e. The molecule has 1 aromatic rings. The number of carbonyl (C=O) groups is 1. The van der Waals surface area contributed by atoms with Crippen molar-refractivity contribution in [2.75, 3.05) is 19.7 Å². The molecule has 1 aliphatic heterocycles. The smallest absolute Gasteiger partial charge is 0.250 e. The molecule has 118 valence electrons. The lowest BCUT2D eigenvalue weighted by molar-refractivity contribution is -0.135. The lowest BCUT2D eigenvalue weighted by atomic mass is 9.92. The van der Waals surface area contributed by atoms with Crippen molar-refractivity contribution in [2.45, 2.75) is 32.9 Å². The summed E-state index contributed by atoms with van der Waals surface area (Å²) in [6.45, 7) is 8.32. The van der Waals surface area contributed by atoms with Gasteiger partial charge in [0, 0.05) is 13.1 Å². The van der Waals surface area contributed by atoms with Crippen LogP contribution in [-0.2, 0) is 9.53 Å². The highest BCUT2D eigenvalue weighted by Crippen LogP contribution is 2.24. The van der Waals surface area contributed by atoms with E-state index in [0.717, 1.165) is 6.54 Å². The Labute approximate surface area is 133 Å². The first-order chi connectivity index (χ1) is 9.59. The molecule has 0 saturated carbocycles. The standard InChI is InChI=1S/C16H24N2O2.ClH/c1-11(2)15(13-7-5-4-6-12(13)3)18-16(19)14-10-17-8-9-20-14;/h4-7,11,14-15,17H,8-10H2,1-3H3,(H,18,19);1H. The van der Waals surface area contributed by atoms with Crippen molar-refractivity contribution >= 4 is 18.3 Å². The molecular formula is C16H25ClN2O2. The van der Waals surface area contributed by atoms with Gasteiger partial charge in [-0.1, -0.05) is 38.1 Å². The summed E-state index contributed by atoms with van der Waals surface area (Å²) in [7, 11) is 0. The van der Waals surface area contributed by atoms with Gasteiger partial charge in [-0.05, 0) is 24.0 Å². The van der Waals surface area contributed by atoms with Gasteiger partial charge >= 0.3 is 0 Å². The zero-order valence-electron chi connectivity index (χ0n) is 12.9. The summed E-state index contributed by atoms with van der Waals surface area (Å²) in [6, 6.07) is 8.22. The minimum absolute atomic E-state index is 0. The maximum absolute atomic E-state index is 12.3. The third-order valence-electron chi connectivity index (χ3n) is 3.71. The van der Waals surface area contributed by atoms with Crippen LogP contribution in [0.25, 0.3) is 0 Å². The van der Waals surface area contributed by atoms with Crippen LogP contribution in [-0.4, -0.2) is 31.7 Å². The second-order valence-electron chi connectivity index (χ2n) is 5.65. The quantitative estimate of drug-likeness (QED) is 0.896. The second kappa shape index (κ2) is 8.37. The van der Waals surface area contributed by atoms with E-state index in [1.54, 1.807) is 0 Å². The number of carbonyl (C=O) groups excluding carboxylic acids is 1. The Morgan fingerprint density at radius 1 is 1.38 bits per heavy atom. The summed E-state index contributed by atoms with van der Waals surface area (Å²) >= 11 is 0. The van der Waals surface area contributed by atoms with E-state index in [1.807, 2.05) is 12.1 Å². The molecule has 4 nitrogen and oxygen atoms in total. The zero-order valence-corrected chi connectivity index (χ0v) is 13.7. The normalized spacial score (nSPS) is 19.7. The third kappa shape index (κ3) is 4.70. The molecule has 1 amide bonds. The molecule has 1 heterocycles. The van der Waals surface area contributed by atoms with Gasteiger partial charge in [0.25, 0.3) is 5.91 Å². The maximum Gasteiger partial charge on any atom is 0.250 e. The number of ether oxygens (including phenoxy) is 1. The Kier molecular flexibility index (Phi) is 7.15. The molecule has 0 radical (unpaired) electrons. The van der Waals surface area contributed by atoms with E-state index < -0.39 is 0 Å². The van der Waals surface area contributed by atoms with Crippen LogP contribution in [0.15, 0.2) is 24.3 Å². The number of amides is 1. The largest absolute Gasteiger partial charge is 0.366 e. The van der Waals surface area contributed by atoms with Gasteiger partial charge < -0.3 is 15.4 Å². The van der Waals surface area contributed by atoms with Gasteiger partial charge in [0.15, 0.2) is 0 Å². The predicted octanol–water partition coefficient (Wildman–Crippen LogP) is 2.22. The van der Waals surface area contributed by atoms with Gasteiger partial charge in [-0.15, -0.1) is 12.4 Å². The Morgan fingerprint density at radius 2 is 2.10 bits per heavy atom. The number of hydrogen-bond acceptors (Lipinski definition) is 3. The molecule has 5 heteroatoms. The van der Waals surface area contributed by atoms with Crippen LogP contribution in [0.2, 0.25) is 0 Å². The average molecular weight is 313 g/mol. The van der Waals surface area contributed by atoms with Gasteiger partial charge in [-0.25, -0.2) is 0 Å². The van der Waals surface area contributed by atoms with Crippen molar-refractivity contribution in [1.29, 1.82) is 0 Å². The first-order valence-corrected chi connectivity index (χ1v) is 7.28. The maximum atomic E-state index is 12.3. The molecule has 0 spiro atoms. The van der Waals surface area contributed by atoms with E-state index >= 15 is 0 Å². The van der Waals surface area contributed by atoms with Crippen LogP contribution in [0.4, 0.5) is 0 Å². The third-order valence-corrected chi connectivity index (χ3v) is 3.71. The van der Waals surface area contributed by atoms with Gasteiger partial charge in [-0.2, -0.15) is 0 Å². The van der Waals surface area contributed by atoms with Crippen LogP contribution in [0.5, 0.6) is 0 Å². The number of nitrogens with one attached hydrogen (secondary N) is 2. The van der Waals surface area contributed by atoms with Gasteiger partial charge in [0.1, 0.15) is 6.10 Å². The number of aryl methyl sites for hydroxylation is 1. The lowest BCUT2D eigenvalue weighted by Gasteiger charge is -2.28. The first kappa shape index (κ1) is 18.0. The fraction of sp³-hybridized carbons (Fsp3) is 0.562. The van der Waals surface area contributed by atoms with Crippen LogP contribution in [0.3, 0.4) is 0 Å². The molecule has 2 N–H and O–H groups in total. The Balaban J connectivity index is 0.00000220. The van der Waals surface area contributed by atoms with Crippen molar-refractivity contribution in [1.82, 2.24) is 10.6 Å². The zero-order chi connectivity index (χ0) is 14.5. The van der Waals surface area contributed by atoms with E-state index in [-0.39, 0.29) is 30.5 Å². The van der Waals surface area contributed by atoms with Crippen LogP contribution in [0, 0.1) is 12.8 Å². The number of halogens is 1. The van der Waals surface area contributed by atoms with Gasteiger partial charge in [0.2, 0.25) is 0 Å². The summed E-state index contributed by atoms with van der Waals surface area (Å²) in [5.41, 5.74) is 2.38. The van der Waals surface area contributed by atoms with Crippen molar-refractivity contribution in [3.8, 4) is 0 Å². The number of benzene rings is 1. The Morgan fingerprint density at radius 3 is 2.67 bits per heavy atom. The fourth-order valence-corrected chi connectivity index (χ4v) is 2.52. The topological polar surface area (TPSA) is 50.4 Å². The molecule has 0 aliphatic carbocycles. The molecule has 1 aromatic carbocycles. The number of hydrogen-bond donors (Lipinski definition) is 2. The number of morpholine rings is 1. The summed E-state index contributed by atoms with van der Waals surface area (Å²) in [5, 5.41) is 6.32. The first-order valence-electron chi connectivity index (χ1n) is 7.28. The molecule has 21 heavy (non-hydrogen) atoms. The van der Waals surface area contributed by atoms with Crippen molar-refractivity contribution in [3.05, 3.63) is 35.4 Å². The Bertz CT molecular complexity index is 459. The molecule has 1 saturated heterocycles. The van der Waals surface area contributed by atoms with Crippen LogP contribution >= 0.6 is 12.4 Å². The highest BCUT2D eigenvalue weighted by molar-refractivity contribution is 5.85. The second-order valence-corrected chi connectivity index (χ2v) is 5.65. The van der Waals surface area contributed by atoms with Crippen LogP contribution in [0.1, 0.15) is 31.0 Å². The predicted molar refractivity (Wildman–Crippen MR) is 86.8 cm³/mol. The molecular weight excluding hydrogens is 288 g/mol. The molecule has 1 fully saturated rings. The van der Waals surface area contributed by atoms with E-state index in [2.05, 4.69) is 43.5 Å². The molecule has 2 atom stereocenters. The number of rotatable bonds is 4. The summed E-state index contributed by atoms with van der Waals surface area (Å²) in [4.78, 5) is 12.3. The van der Waals surface area contributed by atoms with E-state index in [1.165, 1.54) is 11.1 Å². The molecule has 0 aromatic heterocycles. The Hall–Kier alpha value is -1.10. The fourth-order valence-electron chi connectivity index (χ4n) is 2.52. The van der Waals surface area contributed by atoms with Crippen LogP contribution < -0.4 is 10.6 Å². The molecule has 2 unspecified atom stereocenters. The van der Waals surface area contributed by atoms with E-state index in [9.17, 15) is 4.79 Å². The summed E-state index contributed by atoms with van der Waals surface area (Å²) in [5.74, 6) is 0.302. The summed E-state index contributed by atoms with van der Waals surface area (Å²) < 4.78 is 5.51. The monoisotopic (exact) mass is 312 g/mol. The SMILES string of the molecule is Cc1ccccc1C(NC(=O)C1CNCCO1)C(C)C.Cl. The molecule has 0 bridgehead atoms. The van der Waals surface area contributed by atoms with E-state index in [0.29, 0.717) is 19.1 Å². The highest BCUT2D eigenvalue weighted by atomic mass is 35.5. The van der Waals surface area contributed by atoms with E-state index in [4.69, 9.17) is 4.74 Å².